The van der Waals surface area contributed by atoms with Gasteiger partial charge in [0.1, 0.15) is 11.1 Å². The zero-order chi connectivity index (χ0) is 16.4. The van der Waals surface area contributed by atoms with Crippen molar-refractivity contribution in [2.24, 2.45) is 5.92 Å². The average Bonchev–Trinajstić information content (AvgIpc) is 3.10. The Balaban J connectivity index is 1.96. The van der Waals surface area contributed by atoms with Crippen molar-refractivity contribution in [2.75, 3.05) is 13.1 Å². The smallest absolute Gasteiger partial charge is 0.254 e. The van der Waals surface area contributed by atoms with E-state index in [2.05, 4.69) is 10.3 Å². The molecule has 1 saturated heterocycles. The summed E-state index contributed by atoms with van der Waals surface area (Å²) >= 11 is 11.3. The molecule has 0 aliphatic carbocycles. The minimum atomic E-state index is -1.09. The predicted octanol–water partition coefficient (Wildman–Crippen LogP) is 4.40. The topological polar surface area (TPSA) is 34.1 Å². The van der Waals surface area contributed by atoms with E-state index in [4.69, 9.17) is 27.9 Å². The molecule has 0 radical (unpaired) electrons. The maximum Gasteiger partial charge on any atom is 0.254 e. The molecular weight excluding hydrogens is 345 g/mol. The van der Waals surface area contributed by atoms with Crippen LogP contribution >= 0.6 is 23.2 Å². The van der Waals surface area contributed by atoms with Crippen molar-refractivity contribution in [1.82, 2.24) is 10.3 Å². The largest absolute Gasteiger partial charge is 0.467 e. The molecule has 3 rings (SSSR count). The van der Waals surface area contributed by atoms with Gasteiger partial charge in [-0.15, -0.1) is 0 Å². The third-order valence-corrected chi connectivity index (χ3v) is 4.43. The Bertz CT molecular complexity index is 694. The van der Waals surface area contributed by atoms with Crippen LogP contribution in [0.3, 0.4) is 0 Å². The van der Waals surface area contributed by atoms with Crippen LogP contribution in [0, 0.1) is 17.6 Å². The summed E-state index contributed by atoms with van der Waals surface area (Å²) in [5.74, 6) is -2.37. The molecule has 7 heteroatoms. The first-order chi connectivity index (χ1) is 11.1. The number of pyridine rings is 1. The summed E-state index contributed by atoms with van der Waals surface area (Å²) in [6.45, 7) is 1.60. The van der Waals surface area contributed by atoms with E-state index < -0.39 is 27.9 Å². The lowest BCUT2D eigenvalue weighted by Gasteiger charge is -2.24. The van der Waals surface area contributed by atoms with Gasteiger partial charge in [0.25, 0.3) is 5.88 Å². The number of rotatable bonds is 4. The van der Waals surface area contributed by atoms with Crippen LogP contribution in [0.15, 0.2) is 30.3 Å². The van der Waals surface area contributed by atoms with Crippen LogP contribution in [-0.2, 0) is 0 Å². The Kier molecular flexibility index (Phi) is 4.99. The molecule has 122 valence electrons. The average molecular weight is 359 g/mol. The van der Waals surface area contributed by atoms with Gasteiger partial charge in [-0.1, -0.05) is 53.5 Å². The number of benzene rings is 1. The van der Waals surface area contributed by atoms with Crippen molar-refractivity contribution in [3.05, 3.63) is 57.7 Å². The quantitative estimate of drug-likeness (QED) is 0.822. The van der Waals surface area contributed by atoms with E-state index in [1.807, 2.05) is 30.3 Å². The van der Waals surface area contributed by atoms with Gasteiger partial charge in [0.15, 0.2) is 11.0 Å². The maximum atomic E-state index is 14.2. The molecule has 0 spiro atoms. The van der Waals surface area contributed by atoms with Gasteiger partial charge in [0, 0.05) is 12.5 Å². The molecule has 0 bridgehead atoms. The lowest BCUT2D eigenvalue weighted by Crippen LogP contribution is -2.22. The van der Waals surface area contributed by atoms with Crippen LogP contribution in [0.2, 0.25) is 10.2 Å². The second kappa shape index (κ2) is 6.99. The normalized spacial score (nSPS) is 18.9. The van der Waals surface area contributed by atoms with Crippen molar-refractivity contribution in [2.45, 2.75) is 12.5 Å². The number of nitrogens with one attached hydrogen (secondary N) is 1. The van der Waals surface area contributed by atoms with Crippen LogP contribution in [0.4, 0.5) is 8.78 Å². The Morgan fingerprint density at radius 2 is 1.91 bits per heavy atom. The fraction of sp³-hybridized carbons (Fsp3) is 0.312. The SMILES string of the molecule is Fc1c(Cl)nc(O[C@@H](c2ccccc2)[C@H]2CCNC2)c(F)c1Cl. The van der Waals surface area contributed by atoms with Gasteiger partial charge in [-0.25, -0.2) is 4.39 Å². The van der Waals surface area contributed by atoms with Gasteiger partial charge in [-0.05, 0) is 18.5 Å². The molecule has 0 saturated carbocycles. The first-order valence-electron chi connectivity index (χ1n) is 7.20. The standard InChI is InChI=1S/C16H14Cl2F2N2O/c17-11-12(19)15(18)22-16(13(11)20)23-14(10-6-7-21-8-10)9-4-2-1-3-5-9/h1-5,10,14,21H,6-8H2/t10-,14-/m0/s1. The molecule has 2 atom stereocenters. The van der Waals surface area contributed by atoms with E-state index in [1.165, 1.54) is 0 Å². The third kappa shape index (κ3) is 3.42. The molecule has 1 aromatic heterocycles. The molecule has 3 nitrogen and oxygen atoms in total. The van der Waals surface area contributed by atoms with Crippen molar-refractivity contribution >= 4 is 23.2 Å². The number of hydrogen-bond donors (Lipinski definition) is 1. The van der Waals surface area contributed by atoms with Crippen molar-refractivity contribution in [1.29, 1.82) is 0 Å². The van der Waals surface area contributed by atoms with E-state index in [9.17, 15) is 8.78 Å². The number of aromatic nitrogens is 1. The molecule has 0 unspecified atom stereocenters. The summed E-state index contributed by atoms with van der Waals surface area (Å²) in [6, 6.07) is 9.43. The lowest BCUT2D eigenvalue weighted by atomic mass is 9.95. The van der Waals surface area contributed by atoms with Gasteiger partial charge in [-0.2, -0.15) is 9.37 Å². The fourth-order valence-corrected chi connectivity index (χ4v) is 3.07. The molecule has 1 N–H and O–H groups in total. The van der Waals surface area contributed by atoms with Crippen LogP contribution in [-0.4, -0.2) is 18.1 Å². The van der Waals surface area contributed by atoms with Gasteiger partial charge in [-0.3, -0.25) is 0 Å². The molecular formula is C16H14Cl2F2N2O. The summed E-state index contributed by atoms with van der Waals surface area (Å²) in [6.07, 6.45) is 0.454. The molecule has 1 aliphatic heterocycles. The number of nitrogens with zero attached hydrogens (tertiary/aromatic N) is 1. The Morgan fingerprint density at radius 1 is 1.17 bits per heavy atom. The third-order valence-electron chi connectivity index (χ3n) is 3.85. The first kappa shape index (κ1) is 16.4. The number of halogens is 4. The predicted molar refractivity (Wildman–Crippen MR) is 85.0 cm³/mol. The molecule has 1 aliphatic rings. The van der Waals surface area contributed by atoms with Crippen LogP contribution < -0.4 is 10.1 Å². The van der Waals surface area contributed by atoms with E-state index in [1.54, 1.807) is 0 Å². The highest BCUT2D eigenvalue weighted by Crippen LogP contribution is 2.36. The lowest BCUT2D eigenvalue weighted by molar-refractivity contribution is 0.131. The monoisotopic (exact) mass is 358 g/mol. The molecule has 2 aromatic rings. The van der Waals surface area contributed by atoms with Crippen LogP contribution in [0.5, 0.6) is 5.88 Å². The summed E-state index contributed by atoms with van der Waals surface area (Å²) in [5.41, 5.74) is 0.888. The minimum absolute atomic E-state index is 0.140. The number of hydrogen-bond acceptors (Lipinski definition) is 3. The van der Waals surface area contributed by atoms with Gasteiger partial charge < -0.3 is 10.1 Å². The van der Waals surface area contributed by atoms with E-state index >= 15 is 0 Å². The first-order valence-corrected chi connectivity index (χ1v) is 7.96. The summed E-state index contributed by atoms with van der Waals surface area (Å²) in [7, 11) is 0. The molecule has 0 amide bonds. The second-order valence-electron chi connectivity index (χ2n) is 5.35. The fourth-order valence-electron chi connectivity index (χ4n) is 2.68. The molecule has 2 heterocycles. The van der Waals surface area contributed by atoms with Crippen LogP contribution in [0.1, 0.15) is 18.1 Å². The highest BCUT2D eigenvalue weighted by atomic mass is 35.5. The van der Waals surface area contributed by atoms with Gasteiger partial charge >= 0.3 is 0 Å². The zero-order valence-corrected chi connectivity index (χ0v) is 13.5. The Morgan fingerprint density at radius 3 is 2.57 bits per heavy atom. The summed E-state index contributed by atoms with van der Waals surface area (Å²) in [5, 5.41) is 2.03. The Labute approximate surface area is 142 Å². The molecule has 23 heavy (non-hydrogen) atoms. The highest BCUT2D eigenvalue weighted by Gasteiger charge is 2.30. The second-order valence-corrected chi connectivity index (χ2v) is 6.09. The van der Waals surface area contributed by atoms with Crippen LogP contribution in [0.25, 0.3) is 0 Å². The highest BCUT2D eigenvalue weighted by molar-refractivity contribution is 6.34. The van der Waals surface area contributed by atoms with Crippen molar-refractivity contribution in [3.63, 3.8) is 0 Å². The summed E-state index contributed by atoms with van der Waals surface area (Å²) in [4.78, 5) is 3.66. The van der Waals surface area contributed by atoms with Crippen molar-refractivity contribution < 1.29 is 13.5 Å². The van der Waals surface area contributed by atoms with Gasteiger partial charge in [0.05, 0.1) is 0 Å². The van der Waals surface area contributed by atoms with E-state index in [0.29, 0.717) is 0 Å². The molecule has 1 aromatic carbocycles. The number of ether oxygens (including phenoxy) is 1. The van der Waals surface area contributed by atoms with E-state index in [0.717, 1.165) is 25.1 Å². The van der Waals surface area contributed by atoms with Gasteiger partial charge in [0.2, 0.25) is 5.82 Å². The zero-order valence-electron chi connectivity index (χ0n) is 12.0. The maximum absolute atomic E-state index is 14.2. The Hall–Kier alpha value is -1.43. The molecule has 1 fully saturated rings. The summed E-state index contributed by atoms with van der Waals surface area (Å²) < 4.78 is 33.4. The minimum Gasteiger partial charge on any atom is -0.467 e. The van der Waals surface area contributed by atoms with Crippen molar-refractivity contribution in [3.8, 4) is 5.88 Å². The van der Waals surface area contributed by atoms with E-state index in [-0.39, 0.29) is 11.8 Å².